The van der Waals surface area contributed by atoms with Crippen LogP contribution in [0.25, 0.3) is 98.8 Å². The third-order valence-electron chi connectivity index (χ3n) is 9.47. The number of hydrogen-bond donors (Lipinski definition) is 0. The highest BCUT2D eigenvalue weighted by atomic mass is 16.3. The predicted molar refractivity (Wildman–Crippen MR) is 192 cm³/mol. The molecule has 0 fully saturated rings. The molecular weight excluding hydrogens is 560 g/mol. The molecule has 0 radical (unpaired) electrons. The summed E-state index contributed by atoms with van der Waals surface area (Å²) in [5.74, 6) is 0.881. The van der Waals surface area contributed by atoms with Gasteiger partial charge in [0.1, 0.15) is 22.5 Å². The van der Waals surface area contributed by atoms with E-state index in [1.165, 1.54) is 49.2 Å². The highest BCUT2D eigenvalue weighted by Crippen LogP contribution is 2.47. The molecule has 10 aromatic rings. The Morgan fingerprint density at radius 3 is 1.52 bits per heavy atom. The SMILES string of the molecule is c1ccc2oc(-c3ccc(-c4c5ccccc5c(-c5cc6c7ccccc7oc6c6ccccc56)c5ccccc45)cc3)cc2c1. The Bertz CT molecular complexity index is 2700. The molecule has 0 aliphatic rings. The quantitative estimate of drug-likeness (QED) is 0.193. The van der Waals surface area contributed by atoms with Crippen molar-refractivity contribution in [2.24, 2.45) is 0 Å². The highest BCUT2D eigenvalue weighted by Gasteiger charge is 2.21. The lowest BCUT2D eigenvalue weighted by molar-refractivity contribution is 0.631. The van der Waals surface area contributed by atoms with E-state index >= 15 is 0 Å². The van der Waals surface area contributed by atoms with Crippen molar-refractivity contribution in [3.8, 4) is 33.6 Å². The first-order valence-electron chi connectivity index (χ1n) is 15.7. The van der Waals surface area contributed by atoms with Gasteiger partial charge in [-0.1, -0.05) is 133 Å². The van der Waals surface area contributed by atoms with Crippen LogP contribution in [0.5, 0.6) is 0 Å². The first-order chi connectivity index (χ1) is 22.8. The Labute approximate surface area is 264 Å². The van der Waals surface area contributed by atoms with E-state index < -0.39 is 0 Å². The van der Waals surface area contributed by atoms with Crippen LogP contribution in [-0.4, -0.2) is 0 Å². The third kappa shape index (κ3) is 3.65. The second kappa shape index (κ2) is 9.69. The summed E-state index contributed by atoms with van der Waals surface area (Å²) < 4.78 is 12.6. The summed E-state index contributed by atoms with van der Waals surface area (Å²) in [7, 11) is 0. The van der Waals surface area contributed by atoms with Crippen molar-refractivity contribution in [2.45, 2.75) is 0 Å². The Morgan fingerprint density at radius 2 is 0.848 bits per heavy atom. The Morgan fingerprint density at radius 1 is 0.326 bits per heavy atom. The topological polar surface area (TPSA) is 26.3 Å². The molecular formula is C44H26O2. The summed E-state index contributed by atoms with van der Waals surface area (Å²) >= 11 is 0. The zero-order valence-electron chi connectivity index (χ0n) is 24.8. The zero-order valence-corrected chi connectivity index (χ0v) is 24.8. The first kappa shape index (κ1) is 25.2. The van der Waals surface area contributed by atoms with E-state index in [0.717, 1.165) is 49.6 Å². The monoisotopic (exact) mass is 586 g/mol. The summed E-state index contributed by atoms with van der Waals surface area (Å²) in [5.41, 5.74) is 8.71. The molecule has 0 unspecified atom stereocenters. The van der Waals surface area contributed by atoms with E-state index in [4.69, 9.17) is 8.83 Å². The molecule has 0 saturated carbocycles. The maximum atomic E-state index is 6.46. The van der Waals surface area contributed by atoms with Crippen LogP contribution >= 0.6 is 0 Å². The molecule has 46 heavy (non-hydrogen) atoms. The number of fused-ring (bicyclic) bond motifs is 8. The van der Waals surface area contributed by atoms with Gasteiger partial charge in [-0.05, 0) is 73.5 Å². The van der Waals surface area contributed by atoms with Crippen LogP contribution < -0.4 is 0 Å². The van der Waals surface area contributed by atoms with Crippen LogP contribution in [-0.2, 0) is 0 Å². The van der Waals surface area contributed by atoms with Crippen molar-refractivity contribution in [2.75, 3.05) is 0 Å². The van der Waals surface area contributed by atoms with Gasteiger partial charge in [-0.15, -0.1) is 0 Å². The fourth-order valence-electron chi connectivity index (χ4n) is 7.41. The minimum absolute atomic E-state index is 0.881. The molecule has 2 nitrogen and oxygen atoms in total. The standard InChI is InChI=1S/C44H26O2/c1-9-19-39-29(11-1)25-41(45-39)27-21-23-28(24-22-27)42-32-14-3-5-16-34(32)43(35-17-6-4-15-33(35)42)37-26-38-31-13-8-10-20-40(31)46-44(38)36-18-7-2-12-30(36)37/h1-26H. The van der Waals surface area contributed by atoms with Crippen LogP contribution in [0.3, 0.4) is 0 Å². The van der Waals surface area contributed by atoms with Crippen LogP contribution in [0.15, 0.2) is 167 Å². The smallest absolute Gasteiger partial charge is 0.143 e. The first-order valence-corrected chi connectivity index (χ1v) is 15.7. The molecule has 0 bridgehead atoms. The van der Waals surface area contributed by atoms with Gasteiger partial charge in [0.05, 0.1) is 0 Å². The fraction of sp³-hybridized carbons (Fsp3) is 0. The van der Waals surface area contributed by atoms with E-state index in [9.17, 15) is 0 Å². The molecule has 0 atom stereocenters. The summed E-state index contributed by atoms with van der Waals surface area (Å²) in [5, 5.41) is 10.6. The van der Waals surface area contributed by atoms with Gasteiger partial charge >= 0.3 is 0 Å². The molecule has 214 valence electrons. The summed E-state index contributed by atoms with van der Waals surface area (Å²) in [6, 6.07) is 56.1. The van der Waals surface area contributed by atoms with E-state index in [0.29, 0.717) is 0 Å². The fourth-order valence-corrected chi connectivity index (χ4v) is 7.41. The maximum Gasteiger partial charge on any atom is 0.143 e. The number of para-hydroxylation sites is 2. The van der Waals surface area contributed by atoms with Crippen molar-refractivity contribution in [1.82, 2.24) is 0 Å². The van der Waals surface area contributed by atoms with E-state index in [1.54, 1.807) is 0 Å². The summed E-state index contributed by atoms with van der Waals surface area (Å²) in [4.78, 5) is 0. The minimum Gasteiger partial charge on any atom is -0.456 e. The molecule has 0 N–H and O–H groups in total. The largest absolute Gasteiger partial charge is 0.456 e. The number of furan rings is 2. The Hall–Kier alpha value is -6.12. The van der Waals surface area contributed by atoms with Gasteiger partial charge < -0.3 is 8.83 Å². The lowest BCUT2D eigenvalue weighted by Gasteiger charge is -2.19. The summed E-state index contributed by atoms with van der Waals surface area (Å²) in [6.07, 6.45) is 0. The van der Waals surface area contributed by atoms with Crippen LogP contribution in [0.2, 0.25) is 0 Å². The molecule has 2 aromatic heterocycles. The summed E-state index contributed by atoms with van der Waals surface area (Å²) in [6.45, 7) is 0. The average molecular weight is 587 g/mol. The maximum absolute atomic E-state index is 6.46. The zero-order chi connectivity index (χ0) is 30.2. The molecule has 0 aliphatic carbocycles. The van der Waals surface area contributed by atoms with Crippen LogP contribution in [0, 0.1) is 0 Å². The Kier molecular flexibility index (Phi) is 5.31. The second-order valence-corrected chi connectivity index (χ2v) is 12.0. The predicted octanol–water partition coefficient (Wildman–Crippen LogP) is 12.8. The molecule has 0 aliphatic heterocycles. The van der Waals surface area contributed by atoms with Gasteiger partial charge in [0.15, 0.2) is 0 Å². The molecule has 10 rings (SSSR count). The van der Waals surface area contributed by atoms with Crippen molar-refractivity contribution in [3.05, 3.63) is 158 Å². The molecule has 2 heteroatoms. The normalized spacial score (nSPS) is 11.9. The van der Waals surface area contributed by atoms with Gasteiger partial charge in [0.25, 0.3) is 0 Å². The highest BCUT2D eigenvalue weighted by molar-refractivity contribution is 6.27. The minimum atomic E-state index is 0.881. The van der Waals surface area contributed by atoms with Crippen molar-refractivity contribution < 1.29 is 8.83 Å². The molecule has 8 aromatic carbocycles. The molecule has 0 amide bonds. The van der Waals surface area contributed by atoms with Gasteiger partial charge in [0, 0.05) is 27.1 Å². The lowest BCUT2D eigenvalue weighted by Crippen LogP contribution is -1.92. The third-order valence-corrected chi connectivity index (χ3v) is 9.47. The average Bonchev–Trinajstić information content (AvgIpc) is 3.73. The van der Waals surface area contributed by atoms with Gasteiger partial charge in [-0.3, -0.25) is 0 Å². The molecule has 0 spiro atoms. The van der Waals surface area contributed by atoms with Crippen molar-refractivity contribution in [1.29, 1.82) is 0 Å². The number of benzene rings is 8. The van der Waals surface area contributed by atoms with E-state index in [-0.39, 0.29) is 0 Å². The van der Waals surface area contributed by atoms with Crippen LogP contribution in [0.4, 0.5) is 0 Å². The van der Waals surface area contributed by atoms with E-state index in [1.807, 2.05) is 24.3 Å². The number of rotatable bonds is 3. The molecule has 2 heterocycles. The lowest BCUT2D eigenvalue weighted by atomic mass is 9.84. The van der Waals surface area contributed by atoms with Gasteiger partial charge in [0.2, 0.25) is 0 Å². The van der Waals surface area contributed by atoms with Gasteiger partial charge in [-0.25, -0.2) is 0 Å². The van der Waals surface area contributed by atoms with E-state index in [2.05, 4.69) is 133 Å². The Balaban J connectivity index is 1.25. The van der Waals surface area contributed by atoms with Crippen molar-refractivity contribution >= 4 is 65.2 Å². The molecule has 0 saturated heterocycles. The second-order valence-electron chi connectivity index (χ2n) is 12.0. The number of hydrogen-bond acceptors (Lipinski definition) is 2. The van der Waals surface area contributed by atoms with Gasteiger partial charge in [-0.2, -0.15) is 0 Å². The van der Waals surface area contributed by atoms with Crippen LogP contribution in [0.1, 0.15) is 0 Å². The van der Waals surface area contributed by atoms with Crippen molar-refractivity contribution in [3.63, 3.8) is 0 Å².